The maximum atomic E-state index is 13.9. The number of unbranched alkanes of at least 4 members (excludes halogenated alkanes) is 2. The predicted octanol–water partition coefficient (Wildman–Crippen LogP) is 9.37. The molecule has 0 atom stereocenters. The number of ether oxygens (including phenoxy) is 2. The second-order valence-electron chi connectivity index (χ2n) is 22.0. The topological polar surface area (TPSA) is 210 Å². The molecular weight excluding hydrogens is 1120 g/mol. The van der Waals surface area contributed by atoms with Crippen LogP contribution >= 0.6 is 0 Å². The van der Waals surface area contributed by atoms with Crippen molar-refractivity contribution < 1.29 is 56.6 Å². The van der Waals surface area contributed by atoms with Crippen molar-refractivity contribution in [1.29, 1.82) is 0 Å². The summed E-state index contributed by atoms with van der Waals surface area (Å²) in [6.07, 6.45) is 3.24. The van der Waals surface area contributed by atoms with Gasteiger partial charge in [-0.2, -0.15) is 0 Å². The summed E-state index contributed by atoms with van der Waals surface area (Å²) in [5.41, 5.74) is 8.32. The second-order valence-corrected chi connectivity index (χ2v) is 22.0. The van der Waals surface area contributed by atoms with Gasteiger partial charge in [0.05, 0.1) is 35.1 Å². The second kappa shape index (κ2) is 31.0. The normalized spacial score (nSPS) is 12.2. The number of nitrogens with one attached hydrogen (secondary N) is 4. The molecule has 4 N–H and O–H groups in total. The minimum Gasteiger partial charge on any atom is -0.461 e. The van der Waals surface area contributed by atoms with Crippen molar-refractivity contribution in [3.8, 4) is 0 Å². The zero-order valence-electron chi connectivity index (χ0n) is 48.9. The summed E-state index contributed by atoms with van der Waals surface area (Å²) in [6, 6.07) is 44.5. The molecule has 2 aliphatic heterocycles. The lowest BCUT2D eigenvalue weighted by molar-refractivity contribution is -0.146. The average Bonchev–Trinajstić information content (AvgIpc) is 2.73. The molecule has 2 aliphatic rings. The number of benzene rings is 7. The summed E-state index contributed by atoms with van der Waals surface area (Å²) in [7, 11) is 0. The van der Waals surface area contributed by atoms with Gasteiger partial charge in [-0.25, -0.2) is 8.78 Å². The van der Waals surface area contributed by atoms with Gasteiger partial charge in [0.2, 0.25) is 11.8 Å². The van der Waals surface area contributed by atoms with E-state index in [1.54, 1.807) is 82.6 Å². The van der Waals surface area contributed by atoms with Crippen LogP contribution in [0.1, 0.15) is 136 Å². The number of esters is 2. The number of carbonyl (C=O) groups excluding carboxylic acids is 8. The van der Waals surface area contributed by atoms with Crippen molar-refractivity contribution in [3.05, 3.63) is 247 Å². The molecule has 16 nitrogen and oxygen atoms in total. The number of hydrogen-bond acceptors (Lipinski definition) is 10. The highest BCUT2D eigenvalue weighted by molar-refractivity contribution is 6.08. The molecule has 0 aliphatic carbocycles. The van der Waals surface area contributed by atoms with Crippen molar-refractivity contribution in [2.45, 2.75) is 104 Å². The quantitative estimate of drug-likeness (QED) is 0.0270. The highest BCUT2D eigenvalue weighted by Gasteiger charge is 2.30. The van der Waals surface area contributed by atoms with Crippen LogP contribution in [0.3, 0.4) is 0 Å². The van der Waals surface area contributed by atoms with Crippen LogP contribution in [0.15, 0.2) is 158 Å². The van der Waals surface area contributed by atoms with Gasteiger partial charge in [0.25, 0.3) is 23.6 Å². The smallest absolute Gasteiger partial charge is 0.306 e. The molecule has 2 heterocycles. The first kappa shape index (κ1) is 62.7. The SMILES string of the molecule is O=C(CCCCNC(=O)c1cc2c(cc1C(=O)NCCc1ccc(F)cc1)CN(C(=O)Cc1ccc(CC(=O)N3Cc4cc(C(=O)NCCCCC(=O)OCc5ccccc5)c(C(=O)NCCc5ccc(F)cc5)cc4C3)cc1)C2)OCc1ccccc1. The van der Waals surface area contributed by atoms with E-state index in [4.69, 9.17) is 9.47 Å². The molecule has 0 bridgehead atoms. The zero-order valence-corrected chi connectivity index (χ0v) is 48.9. The Labute approximate surface area is 510 Å². The monoisotopic (exact) mass is 1190 g/mol. The van der Waals surface area contributed by atoms with Crippen LogP contribution in [0.25, 0.3) is 0 Å². The number of hydrogen-bond donors (Lipinski definition) is 4. The van der Waals surface area contributed by atoms with Gasteiger partial charge in [0.15, 0.2) is 0 Å². The summed E-state index contributed by atoms with van der Waals surface area (Å²) < 4.78 is 37.8. The summed E-state index contributed by atoms with van der Waals surface area (Å²) in [6.45, 7) is 2.13. The fraction of sp³-hybridized carbons (Fsp3) is 0.286. The van der Waals surface area contributed by atoms with E-state index in [0.29, 0.717) is 49.7 Å². The minimum atomic E-state index is -0.477. The van der Waals surface area contributed by atoms with Crippen LogP contribution in [0.2, 0.25) is 0 Å². The Morgan fingerprint density at radius 3 is 1.00 bits per heavy atom. The summed E-state index contributed by atoms with van der Waals surface area (Å²) in [4.78, 5) is 111. The van der Waals surface area contributed by atoms with Crippen molar-refractivity contribution in [2.24, 2.45) is 0 Å². The van der Waals surface area contributed by atoms with Crippen LogP contribution in [-0.4, -0.2) is 83.4 Å². The molecule has 18 heteroatoms. The highest BCUT2D eigenvalue weighted by Crippen LogP contribution is 2.30. The maximum Gasteiger partial charge on any atom is 0.306 e. The lowest BCUT2D eigenvalue weighted by Crippen LogP contribution is -2.31. The molecule has 0 saturated carbocycles. The third-order valence-electron chi connectivity index (χ3n) is 15.4. The van der Waals surface area contributed by atoms with Gasteiger partial charge >= 0.3 is 11.9 Å². The Bertz CT molecular complexity index is 3390. The van der Waals surface area contributed by atoms with E-state index in [2.05, 4.69) is 21.3 Å². The molecule has 0 radical (unpaired) electrons. The number of amides is 6. The lowest BCUT2D eigenvalue weighted by Gasteiger charge is -2.16. The summed E-state index contributed by atoms with van der Waals surface area (Å²) in [5, 5.41) is 11.6. The van der Waals surface area contributed by atoms with Crippen molar-refractivity contribution in [1.82, 2.24) is 31.1 Å². The minimum absolute atomic E-state index is 0.0510. The standard InChI is InChI=1S/C70H70F2N6O10/c71-57-25-21-47(22-26-57)29-33-75-69(85)61-39-55-43-77(41-53(55)37-59(61)67(83)73-31-9-7-15-65(81)87-45-51-11-3-1-4-12-51)63(79)35-49-17-19-50(20-18-49)36-64(80)78-42-54-38-60(68(84)74-32-10-8-16-66(82)88-46-52-13-5-2-6-14-52)62(40-56(54)44-78)70(86)76-34-30-48-23-27-58(72)28-24-48/h1-6,11-14,17-28,37-40H,7-10,15-16,29-36,41-46H2,(H,73,83)(H,74,84)(H,75,85)(H,76,86). The van der Waals surface area contributed by atoms with E-state index in [1.807, 2.05) is 60.7 Å². The van der Waals surface area contributed by atoms with Crippen molar-refractivity contribution >= 4 is 47.4 Å². The van der Waals surface area contributed by atoms with Gasteiger partial charge in [-0.15, -0.1) is 0 Å². The van der Waals surface area contributed by atoms with Gasteiger partial charge in [-0.3, -0.25) is 38.4 Å². The van der Waals surface area contributed by atoms with E-state index in [9.17, 15) is 47.1 Å². The van der Waals surface area contributed by atoms with Gasteiger partial charge in [0.1, 0.15) is 24.8 Å². The van der Waals surface area contributed by atoms with Gasteiger partial charge in [0, 0.05) is 65.2 Å². The first-order valence-electron chi connectivity index (χ1n) is 29.7. The Morgan fingerprint density at radius 1 is 0.364 bits per heavy atom. The molecule has 0 aromatic heterocycles. The molecule has 0 spiro atoms. The van der Waals surface area contributed by atoms with E-state index in [1.165, 1.54) is 24.3 Å². The van der Waals surface area contributed by atoms with Gasteiger partial charge < -0.3 is 40.5 Å². The van der Waals surface area contributed by atoms with E-state index < -0.39 is 23.6 Å². The largest absolute Gasteiger partial charge is 0.461 e. The summed E-state index contributed by atoms with van der Waals surface area (Å²) >= 11 is 0. The van der Waals surface area contributed by atoms with Crippen LogP contribution in [0.4, 0.5) is 8.78 Å². The fourth-order valence-electron chi connectivity index (χ4n) is 10.5. The third-order valence-corrected chi connectivity index (χ3v) is 15.4. The molecule has 0 fully saturated rings. The predicted molar refractivity (Wildman–Crippen MR) is 325 cm³/mol. The Kier molecular flexibility index (Phi) is 22.1. The lowest BCUT2D eigenvalue weighted by atomic mass is 9.98. The molecule has 7 aromatic rings. The molecule has 0 unspecified atom stereocenters. The fourth-order valence-corrected chi connectivity index (χ4v) is 10.5. The first-order chi connectivity index (χ1) is 42.7. The van der Waals surface area contributed by atoms with Crippen LogP contribution in [0.5, 0.6) is 0 Å². The number of halogens is 2. The number of fused-ring (bicyclic) bond motifs is 2. The molecular formula is C70H70F2N6O10. The molecule has 88 heavy (non-hydrogen) atoms. The number of nitrogens with zero attached hydrogens (tertiary/aromatic N) is 2. The van der Waals surface area contributed by atoms with Crippen molar-refractivity contribution in [2.75, 3.05) is 26.2 Å². The van der Waals surface area contributed by atoms with Gasteiger partial charge in [-0.1, -0.05) is 109 Å². The third kappa shape index (κ3) is 18.1. The molecule has 0 saturated heterocycles. The highest BCUT2D eigenvalue weighted by atomic mass is 19.1. The summed E-state index contributed by atoms with van der Waals surface area (Å²) in [5.74, 6) is -3.69. The average molecular weight is 1190 g/mol. The van der Waals surface area contributed by atoms with Crippen LogP contribution in [-0.2, 0) is 93.7 Å². The first-order valence-corrected chi connectivity index (χ1v) is 29.7. The number of carbonyl (C=O) groups is 8. The molecule has 9 rings (SSSR count). The van der Waals surface area contributed by atoms with Gasteiger partial charge in [-0.05, 0) is 143 Å². The Hall–Kier alpha value is -9.84. The van der Waals surface area contributed by atoms with Crippen molar-refractivity contribution in [3.63, 3.8) is 0 Å². The van der Waals surface area contributed by atoms with Crippen LogP contribution in [0, 0.1) is 11.6 Å². The zero-order chi connectivity index (χ0) is 61.8. The molecule has 454 valence electrons. The maximum absolute atomic E-state index is 13.9. The molecule has 6 amide bonds. The van der Waals surface area contributed by atoms with E-state index >= 15 is 0 Å². The van der Waals surface area contributed by atoms with E-state index in [0.717, 1.165) is 44.5 Å². The van der Waals surface area contributed by atoms with Crippen LogP contribution < -0.4 is 21.3 Å². The van der Waals surface area contributed by atoms with E-state index in [-0.39, 0.29) is 149 Å². The Morgan fingerprint density at radius 2 is 0.670 bits per heavy atom. The molecule has 7 aromatic carbocycles. The number of rotatable bonds is 28. The Balaban J connectivity index is 0.781.